The van der Waals surface area contributed by atoms with Crippen LogP contribution in [0.25, 0.3) is 0 Å². The molecule has 0 amide bonds. The molecule has 146 valence electrons. The van der Waals surface area contributed by atoms with Gasteiger partial charge in [-0.3, -0.25) is 9.69 Å². The summed E-state index contributed by atoms with van der Waals surface area (Å²) in [6.45, 7) is 3.49. The van der Waals surface area contributed by atoms with E-state index in [9.17, 15) is 9.59 Å². The van der Waals surface area contributed by atoms with Crippen molar-refractivity contribution in [2.24, 2.45) is 5.73 Å². The van der Waals surface area contributed by atoms with Crippen molar-refractivity contribution in [2.75, 3.05) is 19.3 Å². The molecule has 26 heavy (non-hydrogen) atoms. The van der Waals surface area contributed by atoms with Crippen molar-refractivity contribution in [3.8, 4) is 0 Å². The number of rotatable bonds is 15. The topological polar surface area (TPSA) is 63.4 Å². The Morgan fingerprint density at radius 2 is 1.88 bits per heavy atom. The monoisotopic (exact) mass is 378 g/mol. The maximum absolute atomic E-state index is 11.5. The molecule has 0 heterocycles. The van der Waals surface area contributed by atoms with Crippen LogP contribution in [-0.2, 0) is 11.3 Å². The maximum atomic E-state index is 11.5. The highest BCUT2D eigenvalue weighted by atomic mass is 32.2. The maximum Gasteiger partial charge on any atom is 0.150 e. The summed E-state index contributed by atoms with van der Waals surface area (Å²) in [7, 11) is 1.96. The van der Waals surface area contributed by atoms with E-state index in [0.717, 1.165) is 60.2 Å². The van der Waals surface area contributed by atoms with Crippen LogP contribution in [0.3, 0.4) is 0 Å². The predicted molar refractivity (Wildman–Crippen MR) is 111 cm³/mol. The lowest BCUT2D eigenvalue weighted by atomic mass is 10.1. The molecule has 0 saturated carbocycles. The van der Waals surface area contributed by atoms with Crippen molar-refractivity contribution >= 4 is 24.3 Å². The van der Waals surface area contributed by atoms with Gasteiger partial charge in [-0.05, 0) is 50.2 Å². The lowest BCUT2D eigenvalue weighted by Crippen LogP contribution is -2.32. The van der Waals surface area contributed by atoms with Crippen LogP contribution in [0.5, 0.6) is 0 Å². The average molecular weight is 379 g/mol. The Morgan fingerprint density at radius 3 is 2.54 bits per heavy atom. The van der Waals surface area contributed by atoms with Crippen LogP contribution >= 0.6 is 11.8 Å². The van der Waals surface area contributed by atoms with Gasteiger partial charge in [0.05, 0.1) is 6.04 Å². The first-order chi connectivity index (χ1) is 12.7. The molecule has 4 nitrogen and oxygen atoms in total. The first-order valence-electron chi connectivity index (χ1n) is 9.73. The molecule has 0 aliphatic carbocycles. The van der Waals surface area contributed by atoms with E-state index < -0.39 is 0 Å². The van der Waals surface area contributed by atoms with Gasteiger partial charge in [0.15, 0.2) is 0 Å². The number of carbonyl (C=O) groups excluding carboxylic acids is 2. The van der Waals surface area contributed by atoms with E-state index in [-0.39, 0.29) is 6.04 Å². The van der Waals surface area contributed by atoms with Gasteiger partial charge in [-0.25, -0.2) is 0 Å². The first-order valence-corrected chi connectivity index (χ1v) is 10.7. The van der Waals surface area contributed by atoms with Crippen molar-refractivity contribution in [1.29, 1.82) is 0 Å². The van der Waals surface area contributed by atoms with E-state index in [1.807, 2.05) is 30.9 Å². The van der Waals surface area contributed by atoms with E-state index in [4.69, 9.17) is 5.73 Å². The van der Waals surface area contributed by atoms with Crippen LogP contribution in [0.15, 0.2) is 23.1 Å². The zero-order chi connectivity index (χ0) is 19.2. The van der Waals surface area contributed by atoms with Crippen LogP contribution in [0.4, 0.5) is 0 Å². The van der Waals surface area contributed by atoms with Gasteiger partial charge in [-0.1, -0.05) is 44.7 Å². The molecular formula is C21H34N2O2S. The Balaban J connectivity index is 2.68. The molecule has 0 aromatic heterocycles. The van der Waals surface area contributed by atoms with Gasteiger partial charge in [0.1, 0.15) is 12.6 Å². The summed E-state index contributed by atoms with van der Waals surface area (Å²) in [4.78, 5) is 26.1. The van der Waals surface area contributed by atoms with Gasteiger partial charge < -0.3 is 10.5 Å². The molecule has 1 aromatic carbocycles. The number of thioether (sulfide) groups is 1. The zero-order valence-electron chi connectivity index (χ0n) is 16.3. The van der Waals surface area contributed by atoms with Gasteiger partial charge >= 0.3 is 0 Å². The second-order valence-corrected chi connectivity index (χ2v) is 7.89. The third-order valence-corrected chi connectivity index (χ3v) is 5.80. The van der Waals surface area contributed by atoms with Crippen LogP contribution in [-0.4, -0.2) is 42.9 Å². The molecule has 2 N–H and O–H groups in total. The Morgan fingerprint density at radius 1 is 1.15 bits per heavy atom. The molecule has 5 heteroatoms. The standard InChI is InChI=1S/C21H34N2O2S/c1-3-10-19(17-25)23(2)15-20-18(16-24)11-9-12-21(20)26-14-8-6-4-5-7-13-22/h9,11-12,16-17,19H,3-8,10,13-15,22H2,1-2H3. The van der Waals surface area contributed by atoms with Gasteiger partial charge in [-0.15, -0.1) is 11.8 Å². The third kappa shape index (κ3) is 8.02. The third-order valence-electron chi connectivity index (χ3n) is 4.62. The minimum absolute atomic E-state index is 0.0971. The van der Waals surface area contributed by atoms with Crippen molar-refractivity contribution in [3.63, 3.8) is 0 Å². The van der Waals surface area contributed by atoms with E-state index in [0.29, 0.717) is 6.54 Å². The van der Waals surface area contributed by atoms with Gasteiger partial charge in [-0.2, -0.15) is 0 Å². The van der Waals surface area contributed by atoms with Crippen molar-refractivity contribution in [3.05, 3.63) is 29.3 Å². The fourth-order valence-corrected chi connectivity index (χ4v) is 4.11. The van der Waals surface area contributed by atoms with Crippen LogP contribution < -0.4 is 5.73 Å². The normalized spacial score (nSPS) is 12.3. The second kappa shape index (κ2) is 14.0. The summed E-state index contributed by atoms with van der Waals surface area (Å²) in [5.74, 6) is 1.05. The molecule has 0 bridgehead atoms. The molecule has 1 aromatic rings. The Bertz CT molecular complexity index is 537. The van der Waals surface area contributed by atoms with E-state index >= 15 is 0 Å². The van der Waals surface area contributed by atoms with Crippen molar-refractivity contribution < 1.29 is 9.59 Å². The van der Waals surface area contributed by atoms with E-state index in [2.05, 4.69) is 17.9 Å². The van der Waals surface area contributed by atoms with Crippen LogP contribution in [0.2, 0.25) is 0 Å². The smallest absolute Gasteiger partial charge is 0.150 e. The number of aldehydes is 2. The molecular weight excluding hydrogens is 344 g/mol. The SMILES string of the molecule is CCCC(C=O)N(C)Cc1c(C=O)cccc1SCCCCCCCN. The lowest BCUT2D eigenvalue weighted by Gasteiger charge is -2.25. The number of nitrogens with zero attached hydrogens (tertiary/aromatic N) is 1. The number of hydrogen-bond acceptors (Lipinski definition) is 5. The van der Waals surface area contributed by atoms with Gasteiger partial charge in [0, 0.05) is 17.0 Å². The highest BCUT2D eigenvalue weighted by Gasteiger charge is 2.17. The lowest BCUT2D eigenvalue weighted by molar-refractivity contribution is -0.112. The molecule has 0 saturated heterocycles. The van der Waals surface area contributed by atoms with Gasteiger partial charge in [0.25, 0.3) is 0 Å². The summed E-state index contributed by atoms with van der Waals surface area (Å²) in [6, 6.07) is 5.80. The Kier molecular flexibility index (Phi) is 12.3. The Hall–Kier alpha value is -1.17. The average Bonchev–Trinajstić information content (AvgIpc) is 2.66. The minimum Gasteiger partial charge on any atom is -0.330 e. The first kappa shape index (κ1) is 22.9. The number of unbranched alkanes of at least 4 members (excludes halogenated alkanes) is 4. The summed E-state index contributed by atoms with van der Waals surface area (Å²) >= 11 is 1.82. The minimum atomic E-state index is -0.0971. The molecule has 0 aliphatic heterocycles. The van der Waals surface area contributed by atoms with Crippen LogP contribution in [0.1, 0.15) is 67.8 Å². The zero-order valence-corrected chi connectivity index (χ0v) is 17.1. The number of likely N-dealkylation sites (N-methyl/N-ethyl adjacent to an activating group) is 1. The molecule has 0 radical (unpaired) electrons. The molecule has 1 rings (SSSR count). The fourth-order valence-electron chi connectivity index (χ4n) is 3.01. The number of nitrogens with two attached hydrogens (primary N) is 1. The molecule has 0 spiro atoms. The summed E-state index contributed by atoms with van der Waals surface area (Å²) < 4.78 is 0. The second-order valence-electron chi connectivity index (χ2n) is 6.75. The summed E-state index contributed by atoms with van der Waals surface area (Å²) in [5.41, 5.74) is 7.29. The highest BCUT2D eigenvalue weighted by molar-refractivity contribution is 7.99. The number of hydrogen-bond donors (Lipinski definition) is 1. The number of carbonyl (C=O) groups is 2. The molecule has 1 unspecified atom stereocenters. The molecule has 1 atom stereocenters. The quantitative estimate of drug-likeness (QED) is 0.280. The highest BCUT2D eigenvalue weighted by Crippen LogP contribution is 2.28. The largest absolute Gasteiger partial charge is 0.330 e. The molecule has 0 fully saturated rings. The Labute approximate surface area is 162 Å². The van der Waals surface area contributed by atoms with Crippen LogP contribution in [0, 0.1) is 0 Å². The molecule has 0 aliphatic rings. The summed E-state index contributed by atoms with van der Waals surface area (Å²) in [5, 5.41) is 0. The van der Waals surface area contributed by atoms with Gasteiger partial charge in [0.2, 0.25) is 0 Å². The number of benzene rings is 1. The fraction of sp³-hybridized carbons (Fsp3) is 0.619. The van der Waals surface area contributed by atoms with E-state index in [1.165, 1.54) is 25.7 Å². The van der Waals surface area contributed by atoms with Crippen molar-refractivity contribution in [1.82, 2.24) is 4.90 Å². The van der Waals surface area contributed by atoms with E-state index in [1.54, 1.807) is 0 Å². The summed E-state index contributed by atoms with van der Waals surface area (Å²) in [6.07, 6.45) is 9.70. The van der Waals surface area contributed by atoms with Crippen molar-refractivity contribution in [2.45, 2.75) is 69.4 Å². The predicted octanol–water partition coefficient (Wildman–Crippen LogP) is 4.30.